The van der Waals surface area contributed by atoms with E-state index in [2.05, 4.69) is 0 Å². The van der Waals surface area contributed by atoms with E-state index in [0.717, 1.165) is 23.9 Å². The highest BCUT2D eigenvalue weighted by molar-refractivity contribution is 5.93. The molecule has 0 bridgehead atoms. The van der Waals surface area contributed by atoms with Crippen molar-refractivity contribution in [2.45, 2.75) is 6.54 Å². The third-order valence-corrected chi connectivity index (χ3v) is 3.99. The summed E-state index contributed by atoms with van der Waals surface area (Å²) in [5, 5.41) is 9.08. The zero-order chi connectivity index (χ0) is 19.0. The highest BCUT2D eigenvalue weighted by Gasteiger charge is 2.17. The fraction of sp³-hybridized carbons (Fsp3) is 0.158. The maximum atomic E-state index is 13.7. The second-order valence-electron chi connectivity index (χ2n) is 6.23. The van der Waals surface area contributed by atoms with E-state index >= 15 is 0 Å². The predicted octanol–water partition coefficient (Wildman–Crippen LogP) is 3.03. The van der Waals surface area contributed by atoms with Crippen LogP contribution in [0.4, 0.5) is 8.78 Å². The van der Waals surface area contributed by atoms with E-state index in [1.165, 1.54) is 4.57 Å². The van der Waals surface area contributed by atoms with E-state index in [0.29, 0.717) is 12.2 Å². The summed E-state index contributed by atoms with van der Waals surface area (Å²) in [5.41, 5.74) is 0.290. The zero-order valence-corrected chi connectivity index (χ0v) is 14.2. The molecule has 0 aliphatic heterocycles. The van der Waals surface area contributed by atoms with E-state index in [9.17, 15) is 23.5 Å². The van der Waals surface area contributed by atoms with Crippen molar-refractivity contribution in [3.05, 3.63) is 75.6 Å². The molecule has 0 spiro atoms. The number of carboxylic acid groups (broad SMARTS) is 1. The second kappa shape index (κ2) is 6.68. The standard InChI is InChI=1S/C19H16F2N2O3/c1-22(2)9-11-3-5-12(6-4-11)23-10-14(19(25)26)18(24)13-7-15(20)16(21)8-17(13)23/h3-8,10H,9H2,1-2H3,(H,25,26). The van der Waals surface area contributed by atoms with Crippen LogP contribution in [0, 0.1) is 11.6 Å². The number of hydrogen-bond acceptors (Lipinski definition) is 3. The molecule has 0 saturated carbocycles. The van der Waals surface area contributed by atoms with Gasteiger partial charge in [0, 0.05) is 24.5 Å². The largest absolute Gasteiger partial charge is 0.477 e. The Bertz CT molecular complexity index is 1060. The molecule has 0 fully saturated rings. The van der Waals surface area contributed by atoms with Gasteiger partial charge in [-0.1, -0.05) is 12.1 Å². The van der Waals surface area contributed by atoms with Gasteiger partial charge in [0.15, 0.2) is 11.6 Å². The van der Waals surface area contributed by atoms with Crippen LogP contribution >= 0.6 is 0 Å². The number of carboxylic acids is 1. The summed E-state index contributed by atoms with van der Waals surface area (Å²) in [5.74, 6) is -3.75. The molecule has 0 aliphatic rings. The lowest BCUT2D eigenvalue weighted by Crippen LogP contribution is -2.19. The monoisotopic (exact) mass is 358 g/mol. The molecule has 26 heavy (non-hydrogen) atoms. The number of carbonyl (C=O) groups is 1. The lowest BCUT2D eigenvalue weighted by molar-refractivity contribution is 0.0695. The molecule has 1 N–H and O–H groups in total. The molecule has 0 amide bonds. The molecule has 0 aliphatic carbocycles. The summed E-state index contributed by atoms with van der Waals surface area (Å²) < 4.78 is 28.7. The van der Waals surface area contributed by atoms with Gasteiger partial charge in [0.2, 0.25) is 5.43 Å². The third-order valence-electron chi connectivity index (χ3n) is 3.99. The Labute approximate surface area is 147 Å². The maximum absolute atomic E-state index is 13.7. The Hall–Kier alpha value is -3.06. The topological polar surface area (TPSA) is 62.5 Å². The van der Waals surface area contributed by atoms with Gasteiger partial charge in [-0.05, 0) is 37.9 Å². The molecule has 0 saturated heterocycles. The SMILES string of the molecule is CN(C)Cc1ccc(-n2cc(C(=O)O)c(=O)c3cc(F)c(F)cc32)cc1. The van der Waals surface area contributed by atoms with Crippen molar-refractivity contribution < 1.29 is 18.7 Å². The first-order valence-corrected chi connectivity index (χ1v) is 7.79. The molecule has 0 atom stereocenters. The van der Waals surface area contributed by atoms with Crippen molar-refractivity contribution in [3.8, 4) is 5.69 Å². The molecular formula is C19H16F2N2O3. The normalized spacial score (nSPS) is 11.3. The van der Waals surface area contributed by atoms with E-state index in [1.54, 1.807) is 12.1 Å². The summed E-state index contributed by atoms with van der Waals surface area (Å²) in [4.78, 5) is 25.7. The summed E-state index contributed by atoms with van der Waals surface area (Å²) in [6.45, 7) is 0.714. The van der Waals surface area contributed by atoms with Gasteiger partial charge in [-0.15, -0.1) is 0 Å². The van der Waals surface area contributed by atoms with Crippen LogP contribution in [0.25, 0.3) is 16.6 Å². The van der Waals surface area contributed by atoms with Crippen molar-refractivity contribution >= 4 is 16.9 Å². The van der Waals surface area contributed by atoms with Crippen molar-refractivity contribution in [3.63, 3.8) is 0 Å². The van der Waals surface area contributed by atoms with Gasteiger partial charge in [0.25, 0.3) is 0 Å². The van der Waals surface area contributed by atoms with Crippen LogP contribution in [0.1, 0.15) is 15.9 Å². The number of aromatic carboxylic acids is 1. The minimum atomic E-state index is -1.43. The minimum absolute atomic E-state index is 0.0965. The molecule has 134 valence electrons. The van der Waals surface area contributed by atoms with Gasteiger partial charge in [-0.25, -0.2) is 13.6 Å². The number of rotatable bonds is 4. The number of hydrogen-bond donors (Lipinski definition) is 1. The van der Waals surface area contributed by atoms with E-state index in [4.69, 9.17) is 0 Å². The van der Waals surface area contributed by atoms with Gasteiger partial charge in [0.05, 0.1) is 10.9 Å². The Kier molecular flexibility index (Phi) is 4.56. The number of aromatic nitrogens is 1. The molecule has 3 aromatic rings. The first-order chi connectivity index (χ1) is 12.3. The Morgan fingerprint density at radius 3 is 2.31 bits per heavy atom. The molecular weight excluding hydrogens is 342 g/mol. The number of halogens is 2. The first-order valence-electron chi connectivity index (χ1n) is 7.79. The summed E-state index contributed by atoms with van der Waals surface area (Å²) in [7, 11) is 3.86. The van der Waals surface area contributed by atoms with Gasteiger partial charge < -0.3 is 14.6 Å². The maximum Gasteiger partial charge on any atom is 0.341 e. The summed E-state index contributed by atoms with van der Waals surface area (Å²) in [6.07, 6.45) is 1.13. The summed E-state index contributed by atoms with van der Waals surface area (Å²) >= 11 is 0. The second-order valence-corrected chi connectivity index (χ2v) is 6.23. The fourth-order valence-corrected chi connectivity index (χ4v) is 2.81. The van der Waals surface area contributed by atoms with Crippen LogP contribution in [-0.2, 0) is 6.54 Å². The average Bonchev–Trinajstić information content (AvgIpc) is 2.57. The van der Waals surface area contributed by atoms with Gasteiger partial charge >= 0.3 is 5.97 Å². The fourth-order valence-electron chi connectivity index (χ4n) is 2.81. The Morgan fingerprint density at radius 1 is 1.12 bits per heavy atom. The van der Waals surface area contributed by atoms with Crippen LogP contribution < -0.4 is 5.43 Å². The Morgan fingerprint density at radius 2 is 1.73 bits per heavy atom. The van der Waals surface area contributed by atoms with E-state index in [-0.39, 0.29) is 10.9 Å². The predicted molar refractivity (Wildman–Crippen MR) is 93.8 cm³/mol. The van der Waals surface area contributed by atoms with Crippen LogP contribution in [-0.4, -0.2) is 34.6 Å². The molecule has 2 aromatic carbocycles. The van der Waals surface area contributed by atoms with Crippen LogP contribution in [0.5, 0.6) is 0 Å². The minimum Gasteiger partial charge on any atom is -0.477 e. The zero-order valence-electron chi connectivity index (χ0n) is 14.2. The molecule has 0 unspecified atom stereocenters. The number of nitrogens with zero attached hydrogens (tertiary/aromatic N) is 2. The highest BCUT2D eigenvalue weighted by atomic mass is 19.2. The third kappa shape index (κ3) is 3.21. The number of pyridine rings is 1. The van der Waals surface area contributed by atoms with E-state index < -0.39 is 28.6 Å². The molecule has 1 heterocycles. The smallest absolute Gasteiger partial charge is 0.341 e. The van der Waals surface area contributed by atoms with Gasteiger partial charge in [-0.2, -0.15) is 0 Å². The number of fused-ring (bicyclic) bond motifs is 1. The Balaban J connectivity index is 2.27. The quantitative estimate of drug-likeness (QED) is 0.779. The van der Waals surface area contributed by atoms with E-state index in [1.807, 2.05) is 31.1 Å². The van der Waals surface area contributed by atoms with Gasteiger partial charge in [0.1, 0.15) is 5.56 Å². The van der Waals surface area contributed by atoms with Gasteiger partial charge in [-0.3, -0.25) is 4.79 Å². The first kappa shape index (κ1) is 17.8. The molecule has 5 nitrogen and oxygen atoms in total. The number of benzene rings is 2. The summed E-state index contributed by atoms with van der Waals surface area (Å²) in [6, 6.07) is 8.78. The lowest BCUT2D eigenvalue weighted by atomic mass is 10.1. The molecule has 0 radical (unpaired) electrons. The van der Waals surface area contributed by atoms with Crippen LogP contribution in [0.3, 0.4) is 0 Å². The van der Waals surface area contributed by atoms with Crippen molar-refractivity contribution in [2.24, 2.45) is 0 Å². The lowest BCUT2D eigenvalue weighted by Gasteiger charge is -2.14. The van der Waals surface area contributed by atoms with Crippen molar-refractivity contribution in [2.75, 3.05) is 14.1 Å². The van der Waals surface area contributed by atoms with Crippen molar-refractivity contribution in [1.29, 1.82) is 0 Å². The molecule has 3 rings (SSSR count). The van der Waals surface area contributed by atoms with Crippen LogP contribution in [0.2, 0.25) is 0 Å². The van der Waals surface area contributed by atoms with Crippen molar-refractivity contribution in [1.82, 2.24) is 9.47 Å². The van der Waals surface area contributed by atoms with Crippen LogP contribution in [0.15, 0.2) is 47.4 Å². The highest BCUT2D eigenvalue weighted by Crippen LogP contribution is 2.21. The average molecular weight is 358 g/mol. The molecule has 7 heteroatoms. The molecule has 1 aromatic heterocycles.